The van der Waals surface area contributed by atoms with Crippen LogP contribution in [0, 0.1) is 6.92 Å². The molecule has 1 N–H and O–H groups in total. The van der Waals surface area contributed by atoms with E-state index in [-0.39, 0.29) is 6.42 Å². The van der Waals surface area contributed by atoms with E-state index < -0.39 is 5.97 Å². The summed E-state index contributed by atoms with van der Waals surface area (Å²) in [7, 11) is 0. The molecule has 1 rings (SSSR count). The van der Waals surface area contributed by atoms with Gasteiger partial charge in [0.1, 0.15) is 0 Å². The molecule has 0 fully saturated rings. The van der Waals surface area contributed by atoms with E-state index in [1.54, 1.807) is 19.1 Å². The van der Waals surface area contributed by atoms with Gasteiger partial charge in [0.25, 0.3) is 0 Å². The van der Waals surface area contributed by atoms with Crippen LogP contribution in [0.15, 0.2) is 12.1 Å². The number of carboxylic acid groups (broad SMARTS) is 1. The molecule has 0 heterocycles. The van der Waals surface area contributed by atoms with E-state index in [1.165, 1.54) is 0 Å². The number of carbonyl (C=O) groups is 1. The largest absolute Gasteiger partial charge is 0.481 e. The summed E-state index contributed by atoms with van der Waals surface area (Å²) in [5, 5.41) is 9.54. The van der Waals surface area contributed by atoms with Crippen LogP contribution in [-0.4, -0.2) is 11.1 Å². The topological polar surface area (TPSA) is 37.3 Å². The molecule has 0 spiro atoms. The van der Waals surface area contributed by atoms with Gasteiger partial charge >= 0.3 is 5.97 Å². The molecule has 0 amide bonds. The van der Waals surface area contributed by atoms with Crippen molar-refractivity contribution >= 4 is 29.2 Å². The van der Waals surface area contributed by atoms with Crippen molar-refractivity contribution in [1.29, 1.82) is 0 Å². The molecule has 0 aliphatic heterocycles. The van der Waals surface area contributed by atoms with Gasteiger partial charge < -0.3 is 5.11 Å². The molecule has 0 saturated carbocycles. The Kier molecular flexibility index (Phi) is 3.17. The highest BCUT2D eigenvalue weighted by molar-refractivity contribution is 6.36. The molecule has 0 unspecified atom stereocenters. The van der Waals surface area contributed by atoms with Crippen molar-refractivity contribution in [1.82, 2.24) is 0 Å². The van der Waals surface area contributed by atoms with Crippen molar-refractivity contribution in [2.75, 3.05) is 0 Å². The Hall–Kier alpha value is -0.730. The number of aliphatic carboxylic acids is 1. The fraction of sp³-hybridized carbons (Fsp3) is 0.222. The third-order valence-corrected chi connectivity index (χ3v) is 2.48. The van der Waals surface area contributed by atoms with E-state index in [0.29, 0.717) is 15.6 Å². The number of benzene rings is 1. The minimum Gasteiger partial charge on any atom is -0.481 e. The summed E-state index contributed by atoms with van der Waals surface area (Å²) in [6.45, 7) is 1.79. The van der Waals surface area contributed by atoms with Crippen LogP contribution in [0.2, 0.25) is 10.0 Å². The summed E-state index contributed by atoms with van der Waals surface area (Å²) in [5.41, 5.74) is 1.39. The molecule has 2 nitrogen and oxygen atoms in total. The summed E-state index contributed by atoms with van der Waals surface area (Å²) in [5.74, 6) is -0.893. The van der Waals surface area contributed by atoms with E-state index in [2.05, 4.69) is 0 Å². The van der Waals surface area contributed by atoms with Crippen LogP contribution in [0.3, 0.4) is 0 Å². The van der Waals surface area contributed by atoms with Crippen LogP contribution in [0.5, 0.6) is 0 Å². The lowest BCUT2D eigenvalue weighted by Crippen LogP contribution is -2.00. The van der Waals surface area contributed by atoms with Crippen molar-refractivity contribution in [3.8, 4) is 0 Å². The van der Waals surface area contributed by atoms with Gasteiger partial charge in [-0.2, -0.15) is 0 Å². The fourth-order valence-corrected chi connectivity index (χ4v) is 1.51. The first-order chi connectivity index (χ1) is 6.00. The zero-order valence-electron chi connectivity index (χ0n) is 6.97. The van der Waals surface area contributed by atoms with Crippen LogP contribution in [-0.2, 0) is 11.2 Å². The van der Waals surface area contributed by atoms with Crippen LogP contribution in [0.4, 0.5) is 0 Å². The number of hydrogen-bond donors (Lipinski definition) is 1. The highest BCUT2D eigenvalue weighted by atomic mass is 35.5. The predicted molar refractivity (Wildman–Crippen MR) is 52.5 cm³/mol. The van der Waals surface area contributed by atoms with E-state index in [9.17, 15) is 4.79 Å². The van der Waals surface area contributed by atoms with Gasteiger partial charge in [0.2, 0.25) is 0 Å². The first-order valence-electron chi connectivity index (χ1n) is 3.67. The first kappa shape index (κ1) is 10.4. The number of carboxylic acids is 1. The number of halogens is 2. The van der Waals surface area contributed by atoms with E-state index in [4.69, 9.17) is 28.3 Å². The molecule has 0 radical (unpaired) electrons. The van der Waals surface area contributed by atoms with Crippen LogP contribution in [0.25, 0.3) is 0 Å². The van der Waals surface area contributed by atoms with E-state index in [0.717, 1.165) is 5.56 Å². The molecule has 13 heavy (non-hydrogen) atoms. The van der Waals surface area contributed by atoms with Crippen molar-refractivity contribution in [3.05, 3.63) is 33.3 Å². The standard InChI is InChI=1S/C9H8Cl2O2/c1-5-7(10)2-6(3-8(5)11)4-9(12)13/h2-3H,4H2,1H3,(H,12,13). The van der Waals surface area contributed by atoms with Gasteiger partial charge in [0.05, 0.1) is 6.42 Å². The van der Waals surface area contributed by atoms with Gasteiger partial charge in [-0.3, -0.25) is 4.79 Å². The minimum atomic E-state index is -0.893. The Morgan fingerprint density at radius 3 is 2.23 bits per heavy atom. The molecule has 0 atom stereocenters. The average molecular weight is 219 g/mol. The third kappa shape index (κ3) is 2.61. The molecule has 0 bridgehead atoms. The number of rotatable bonds is 2. The molecule has 1 aromatic rings. The second-order valence-electron chi connectivity index (χ2n) is 2.75. The zero-order chi connectivity index (χ0) is 10.0. The van der Waals surface area contributed by atoms with E-state index in [1.807, 2.05) is 0 Å². The maximum Gasteiger partial charge on any atom is 0.307 e. The van der Waals surface area contributed by atoms with Crippen LogP contribution in [0.1, 0.15) is 11.1 Å². The van der Waals surface area contributed by atoms with Crippen molar-refractivity contribution < 1.29 is 9.90 Å². The molecule has 0 aliphatic carbocycles. The predicted octanol–water partition coefficient (Wildman–Crippen LogP) is 2.93. The highest BCUT2D eigenvalue weighted by Crippen LogP contribution is 2.25. The van der Waals surface area contributed by atoms with Gasteiger partial charge in [-0.25, -0.2) is 0 Å². The maximum absolute atomic E-state index is 10.4. The molecule has 0 saturated heterocycles. The minimum absolute atomic E-state index is 0.0558. The molecular formula is C9H8Cl2O2. The lowest BCUT2D eigenvalue weighted by atomic mass is 10.1. The first-order valence-corrected chi connectivity index (χ1v) is 4.42. The Morgan fingerprint density at radius 2 is 1.85 bits per heavy atom. The monoisotopic (exact) mass is 218 g/mol. The molecular weight excluding hydrogens is 211 g/mol. The summed E-state index contributed by atoms with van der Waals surface area (Å²) in [4.78, 5) is 10.4. The normalized spacial score (nSPS) is 10.1. The summed E-state index contributed by atoms with van der Waals surface area (Å²) < 4.78 is 0. The molecule has 0 aromatic heterocycles. The Balaban J connectivity index is 3.06. The maximum atomic E-state index is 10.4. The molecule has 4 heteroatoms. The number of hydrogen-bond acceptors (Lipinski definition) is 1. The van der Waals surface area contributed by atoms with Gasteiger partial charge in [0.15, 0.2) is 0 Å². The summed E-state index contributed by atoms with van der Waals surface area (Å²) in [6, 6.07) is 3.24. The summed E-state index contributed by atoms with van der Waals surface area (Å²) in [6.07, 6.45) is -0.0558. The second kappa shape index (κ2) is 3.99. The SMILES string of the molecule is Cc1c(Cl)cc(CC(=O)O)cc1Cl. The van der Waals surface area contributed by atoms with Gasteiger partial charge in [-0.1, -0.05) is 23.2 Å². The lowest BCUT2D eigenvalue weighted by Gasteiger charge is -2.03. The zero-order valence-corrected chi connectivity index (χ0v) is 8.49. The Bertz CT molecular complexity index is 324. The average Bonchev–Trinajstić information content (AvgIpc) is 1.98. The Labute approximate surface area is 86.1 Å². The third-order valence-electron chi connectivity index (χ3n) is 1.70. The van der Waals surface area contributed by atoms with Crippen molar-refractivity contribution in [2.45, 2.75) is 13.3 Å². The highest BCUT2D eigenvalue weighted by Gasteiger charge is 2.06. The molecule has 0 aliphatic rings. The quantitative estimate of drug-likeness (QED) is 0.830. The van der Waals surface area contributed by atoms with E-state index >= 15 is 0 Å². The fourth-order valence-electron chi connectivity index (χ4n) is 0.974. The van der Waals surface area contributed by atoms with Crippen molar-refractivity contribution in [3.63, 3.8) is 0 Å². The second-order valence-corrected chi connectivity index (χ2v) is 3.57. The van der Waals surface area contributed by atoms with Gasteiger partial charge in [0, 0.05) is 10.0 Å². The van der Waals surface area contributed by atoms with Crippen LogP contribution < -0.4 is 0 Å². The van der Waals surface area contributed by atoms with Gasteiger partial charge in [-0.15, -0.1) is 0 Å². The van der Waals surface area contributed by atoms with Gasteiger partial charge in [-0.05, 0) is 30.2 Å². The van der Waals surface area contributed by atoms with Crippen molar-refractivity contribution in [2.24, 2.45) is 0 Å². The van der Waals surface area contributed by atoms with Crippen LogP contribution >= 0.6 is 23.2 Å². The Morgan fingerprint density at radius 1 is 1.38 bits per heavy atom. The lowest BCUT2D eigenvalue weighted by molar-refractivity contribution is -0.136. The molecule has 1 aromatic carbocycles. The smallest absolute Gasteiger partial charge is 0.307 e. The summed E-state index contributed by atoms with van der Waals surface area (Å²) >= 11 is 11.7. The molecule has 70 valence electrons.